The third-order valence-corrected chi connectivity index (χ3v) is 6.10. The van der Waals surface area contributed by atoms with Gasteiger partial charge in [-0.3, -0.25) is 9.59 Å². The van der Waals surface area contributed by atoms with Crippen LogP contribution < -0.4 is 9.47 Å². The van der Waals surface area contributed by atoms with Gasteiger partial charge in [-0.05, 0) is 66.8 Å². The average molecular weight is 514 g/mol. The van der Waals surface area contributed by atoms with E-state index in [9.17, 15) is 19.8 Å². The molecular weight excluding hydrogens is 482 g/mol. The third kappa shape index (κ3) is 7.26. The molecular formula is C31H31NO6. The second-order valence-corrected chi connectivity index (χ2v) is 9.11. The van der Waals surface area contributed by atoms with E-state index in [1.807, 2.05) is 78.9 Å². The molecule has 1 aromatic heterocycles. The van der Waals surface area contributed by atoms with Crippen molar-refractivity contribution in [3.63, 3.8) is 0 Å². The Balaban J connectivity index is 1.34. The first-order valence-corrected chi connectivity index (χ1v) is 12.5. The van der Waals surface area contributed by atoms with E-state index < -0.39 is 11.9 Å². The second kappa shape index (κ2) is 12.6. The van der Waals surface area contributed by atoms with Gasteiger partial charge in [0, 0.05) is 17.1 Å². The summed E-state index contributed by atoms with van der Waals surface area (Å²) in [6.45, 7) is 3.07. The number of aryl methyl sites for hydroxylation is 1. The second-order valence-electron chi connectivity index (χ2n) is 9.11. The fourth-order valence-electron chi connectivity index (χ4n) is 4.26. The zero-order valence-electron chi connectivity index (χ0n) is 21.3. The van der Waals surface area contributed by atoms with Crippen LogP contribution >= 0.6 is 0 Å². The van der Waals surface area contributed by atoms with Crippen LogP contribution in [0, 0.1) is 6.92 Å². The molecule has 4 aromatic rings. The summed E-state index contributed by atoms with van der Waals surface area (Å²) in [4.78, 5) is 22.7. The average Bonchev–Trinajstić information content (AvgIpc) is 3.22. The predicted molar refractivity (Wildman–Crippen MR) is 148 cm³/mol. The smallest absolute Gasteiger partial charge is 0.323 e. The number of hydrogen-bond acceptors (Lipinski definition) is 4. The summed E-state index contributed by atoms with van der Waals surface area (Å²) in [5.41, 5.74) is 4.28. The summed E-state index contributed by atoms with van der Waals surface area (Å²) in [6, 6.07) is 21.3. The molecule has 0 amide bonds. The van der Waals surface area contributed by atoms with Crippen molar-refractivity contribution in [2.75, 3.05) is 13.2 Å². The number of aliphatic carboxylic acids is 2. The molecule has 3 aromatic carbocycles. The number of aromatic nitrogens is 1. The molecule has 196 valence electrons. The number of ether oxygens (including phenoxy) is 2. The highest BCUT2D eigenvalue weighted by atomic mass is 16.5. The van der Waals surface area contributed by atoms with Gasteiger partial charge < -0.3 is 24.3 Å². The lowest BCUT2D eigenvalue weighted by Crippen LogP contribution is -2.07. The number of carboxylic acid groups (broad SMARTS) is 2. The van der Waals surface area contributed by atoms with E-state index in [2.05, 4.69) is 6.92 Å². The topological polar surface area (TPSA) is 98.0 Å². The molecule has 0 bridgehead atoms. The number of unbranched alkanes of at least 4 members (excludes halogenated alkanes) is 1. The maximum absolute atomic E-state index is 11.4. The Labute approximate surface area is 221 Å². The van der Waals surface area contributed by atoms with Crippen molar-refractivity contribution in [2.45, 2.75) is 32.7 Å². The van der Waals surface area contributed by atoms with Gasteiger partial charge in [0.25, 0.3) is 0 Å². The van der Waals surface area contributed by atoms with E-state index in [0.717, 1.165) is 40.9 Å². The van der Waals surface area contributed by atoms with Gasteiger partial charge in [-0.2, -0.15) is 0 Å². The number of carboxylic acids is 2. The summed E-state index contributed by atoms with van der Waals surface area (Å²) >= 11 is 0. The molecule has 0 saturated carbocycles. The number of benzene rings is 3. The summed E-state index contributed by atoms with van der Waals surface area (Å²) < 4.78 is 13.2. The van der Waals surface area contributed by atoms with Crippen LogP contribution in [0.3, 0.4) is 0 Å². The summed E-state index contributed by atoms with van der Waals surface area (Å²) in [7, 11) is 0. The number of fused-ring (bicyclic) bond motifs is 1. The van der Waals surface area contributed by atoms with Gasteiger partial charge in [-0.25, -0.2) is 0 Å². The Kier molecular flexibility index (Phi) is 8.82. The number of hydrogen-bond donors (Lipinski definition) is 2. The zero-order chi connectivity index (χ0) is 26.9. The van der Waals surface area contributed by atoms with Crippen LogP contribution in [0.5, 0.6) is 11.5 Å². The number of carbonyl (C=O) groups is 2. The Morgan fingerprint density at radius 1 is 0.816 bits per heavy atom. The summed E-state index contributed by atoms with van der Waals surface area (Å²) in [5, 5.41) is 19.3. The van der Waals surface area contributed by atoms with Gasteiger partial charge in [0.1, 0.15) is 18.0 Å². The molecule has 0 aliphatic rings. The van der Waals surface area contributed by atoms with Crippen molar-refractivity contribution in [2.24, 2.45) is 0 Å². The Morgan fingerprint density at radius 3 is 2.05 bits per heavy atom. The fourth-order valence-corrected chi connectivity index (χ4v) is 4.26. The third-order valence-electron chi connectivity index (χ3n) is 6.10. The molecule has 7 nitrogen and oxygen atoms in total. The van der Waals surface area contributed by atoms with E-state index in [1.165, 1.54) is 5.56 Å². The minimum Gasteiger partial charge on any atom is -0.494 e. The van der Waals surface area contributed by atoms with Gasteiger partial charge in [-0.1, -0.05) is 54.1 Å². The quantitative estimate of drug-likeness (QED) is 0.166. The minimum absolute atomic E-state index is 0.182. The molecule has 0 aliphatic carbocycles. The first kappa shape index (κ1) is 26.5. The maximum atomic E-state index is 11.4. The summed E-state index contributed by atoms with van der Waals surface area (Å²) in [5.74, 6) is -0.277. The summed E-state index contributed by atoms with van der Waals surface area (Å²) in [6.07, 6.45) is 7.09. The van der Waals surface area contributed by atoms with E-state index >= 15 is 0 Å². The van der Waals surface area contributed by atoms with Crippen molar-refractivity contribution in [3.05, 3.63) is 95.2 Å². The molecule has 0 spiro atoms. The zero-order valence-corrected chi connectivity index (χ0v) is 21.3. The lowest BCUT2D eigenvalue weighted by Gasteiger charge is -2.08. The van der Waals surface area contributed by atoms with Crippen molar-refractivity contribution in [3.8, 4) is 11.5 Å². The van der Waals surface area contributed by atoms with E-state index in [0.29, 0.717) is 24.3 Å². The maximum Gasteiger partial charge on any atom is 0.323 e. The van der Waals surface area contributed by atoms with Gasteiger partial charge in [-0.15, -0.1) is 0 Å². The van der Waals surface area contributed by atoms with E-state index in [4.69, 9.17) is 9.47 Å². The Hall–Kier alpha value is -4.52. The molecule has 0 fully saturated rings. The molecule has 0 radical (unpaired) electrons. The first-order valence-electron chi connectivity index (χ1n) is 12.5. The molecule has 0 aliphatic heterocycles. The van der Waals surface area contributed by atoms with Crippen LogP contribution in [0.4, 0.5) is 0 Å². The van der Waals surface area contributed by atoms with Gasteiger partial charge >= 0.3 is 11.9 Å². The van der Waals surface area contributed by atoms with Gasteiger partial charge in [0.15, 0.2) is 0 Å². The highest BCUT2D eigenvalue weighted by Crippen LogP contribution is 2.28. The van der Waals surface area contributed by atoms with Crippen LogP contribution in [0.2, 0.25) is 0 Å². The highest BCUT2D eigenvalue weighted by molar-refractivity contribution is 5.96. The first-order chi connectivity index (χ1) is 18.4. The molecule has 0 unspecified atom stereocenters. The minimum atomic E-state index is -0.984. The van der Waals surface area contributed by atoms with Crippen LogP contribution in [-0.2, 0) is 22.6 Å². The van der Waals surface area contributed by atoms with Crippen LogP contribution in [0.15, 0.2) is 72.9 Å². The molecule has 0 atom stereocenters. The highest BCUT2D eigenvalue weighted by Gasteiger charge is 2.15. The van der Waals surface area contributed by atoms with Crippen LogP contribution in [0.1, 0.15) is 35.1 Å². The Morgan fingerprint density at radius 2 is 1.45 bits per heavy atom. The molecule has 7 heteroatoms. The van der Waals surface area contributed by atoms with Crippen molar-refractivity contribution in [1.29, 1.82) is 0 Å². The molecule has 38 heavy (non-hydrogen) atoms. The predicted octanol–water partition coefficient (Wildman–Crippen LogP) is 6.07. The molecule has 2 N–H and O–H groups in total. The van der Waals surface area contributed by atoms with Crippen molar-refractivity contribution < 1.29 is 29.3 Å². The van der Waals surface area contributed by atoms with Gasteiger partial charge in [0.05, 0.1) is 19.6 Å². The normalized spacial score (nSPS) is 11.2. The Bertz CT molecular complexity index is 1420. The lowest BCUT2D eigenvalue weighted by atomic mass is 10.0. The van der Waals surface area contributed by atoms with E-state index in [-0.39, 0.29) is 13.0 Å². The molecule has 4 rings (SSSR count). The molecule has 1 heterocycles. The lowest BCUT2D eigenvalue weighted by molar-refractivity contribution is -0.138. The van der Waals surface area contributed by atoms with E-state index in [1.54, 1.807) is 10.8 Å². The van der Waals surface area contributed by atoms with Crippen LogP contribution in [-0.4, -0.2) is 39.9 Å². The number of nitrogens with zero attached hydrogens (tertiary/aromatic N) is 1. The monoisotopic (exact) mass is 513 g/mol. The van der Waals surface area contributed by atoms with Crippen molar-refractivity contribution in [1.82, 2.24) is 4.57 Å². The largest absolute Gasteiger partial charge is 0.494 e. The standard InChI is InChI=1S/C31H31NO6/c1-22-7-13-26(14-8-22)37-17-2-3-18-38-27-15-10-23(11-16-27)9-12-24-5-4-6-28-31(24)25(19-29(33)34)20-32(28)21-30(35)36/h4-16,20H,2-3,17-19,21H2,1H3,(H,33,34)(H,35,36). The van der Waals surface area contributed by atoms with Crippen LogP contribution in [0.25, 0.3) is 23.1 Å². The fraction of sp³-hybridized carbons (Fsp3) is 0.226. The van der Waals surface area contributed by atoms with Gasteiger partial charge in [0.2, 0.25) is 0 Å². The van der Waals surface area contributed by atoms with Crippen molar-refractivity contribution >= 4 is 35.0 Å². The number of rotatable bonds is 13. The SMILES string of the molecule is Cc1ccc(OCCCCOc2ccc(C=Cc3cccc4c3c(CC(=O)O)cn4CC(=O)O)cc2)cc1. The molecule has 0 saturated heterocycles.